The maximum atomic E-state index is 13.5. The SMILES string of the molecule is Cc1cccc(CN2C(=O)/C(=C\c3ccc(C(=O)N[C@@H]4CCC[C@H](C)[C@@H]4C)cc3)Oc3ccccc32)c1. The lowest BCUT2D eigenvalue weighted by Crippen LogP contribution is -2.43. The number of aryl methyl sites for hydroxylation is 1. The van der Waals surface area contributed by atoms with E-state index in [2.05, 4.69) is 25.2 Å². The summed E-state index contributed by atoms with van der Waals surface area (Å²) in [4.78, 5) is 28.1. The largest absolute Gasteiger partial charge is 0.449 e. The maximum absolute atomic E-state index is 13.5. The fourth-order valence-corrected chi connectivity index (χ4v) is 5.33. The van der Waals surface area contributed by atoms with Gasteiger partial charge in [-0.15, -0.1) is 0 Å². The molecule has 5 heteroatoms. The van der Waals surface area contributed by atoms with Crippen molar-refractivity contribution >= 4 is 23.6 Å². The average Bonchev–Trinajstić information content (AvgIpc) is 2.89. The molecule has 2 amide bonds. The van der Waals surface area contributed by atoms with E-state index in [9.17, 15) is 9.59 Å². The van der Waals surface area contributed by atoms with E-state index in [1.54, 1.807) is 11.0 Å². The summed E-state index contributed by atoms with van der Waals surface area (Å²) in [7, 11) is 0. The van der Waals surface area contributed by atoms with Gasteiger partial charge in [-0.05, 0) is 66.6 Å². The van der Waals surface area contributed by atoms with Crippen LogP contribution in [0.3, 0.4) is 0 Å². The minimum Gasteiger partial charge on any atom is -0.449 e. The summed E-state index contributed by atoms with van der Waals surface area (Å²) in [5, 5.41) is 3.23. The molecule has 37 heavy (non-hydrogen) atoms. The lowest BCUT2D eigenvalue weighted by atomic mass is 9.78. The normalized spacial score (nSPS) is 22.4. The van der Waals surface area contributed by atoms with Gasteiger partial charge in [-0.2, -0.15) is 0 Å². The number of para-hydroxylation sites is 2. The highest BCUT2D eigenvalue weighted by Gasteiger charge is 2.31. The van der Waals surface area contributed by atoms with Gasteiger partial charge in [0.1, 0.15) is 0 Å². The van der Waals surface area contributed by atoms with Gasteiger partial charge < -0.3 is 10.1 Å². The van der Waals surface area contributed by atoms with Crippen LogP contribution < -0.4 is 15.0 Å². The molecule has 1 aliphatic carbocycles. The van der Waals surface area contributed by atoms with Gasteiger partial charge in [0.15, 0.2) is 11.5 Å². The third-order valence-electron chi connectivity index (χ3n) is 7.75. The average molecular weight is 495 g/mol. The standard InChI is InChI=1S/C32H34N2O3/c1-21-8-6-10-25(18-21)20-34-28-12-4-5-13-29(28)37-30(32(34)36)19-24-14-16-26(17-15-24)31(35)33-27-11-7-9-22(2)23(27)3/h4-6,8,10,12-19,22-23,27H,7,9,11,20H2,1-3H3,(H,33,35)/b30-19+/t22-,23-,27+/m0/s1. The predicted octanol–water partition coefficient (Wildman–Crippen LogP) is 6.52. The molecule has 1 fully saturated rings. The Hall–Kier alpha value is -3.86. The van der Waals surface area contributed by atoms with Crippen molar-refractivity contribution in [2.24, 2.45) is 11.8 Å². The second-order valence-electron chi connectivity index (χ2n) is 10.4. The Morgan fingerprint density at radius 3 is 2.59 bits per heavy atom. The molecule has 0 spiro atoms. The highest BCUT2D eigenvalue weighted by molar-refractivity contribution is 6.09. The summed E-state index contributed by atoms with van der Waals surface area (Å²) in [5.41, 5.74) is 4.38. The molecular formula is C32H34N2O3. The van der Waals surface area contributed by atoms with Crippen molar-refractivity contribution in [3.8, 4) is 5.75 Å². The lowest BCUT2D eigenvalue weighted by molar-refractivity contribution is -0.117. The Morgan fingerprint density at radius 1 is 1.03 bits per heavy atom. The zero-order chi connectivity index (χ0) is 25.9. The van der Waals surface area contributed by atoms with Crippen LogP contribution in [-0.2, 0) is 11.3 Å². The minimum atomic E-state index is -0.192. The van der Waals surface area contributed by atoms with E-state index in [1.807, 2.05) is 73.7 Å². The molecular weight excluding hydrogens is 460 g/mol. The number of nitrogens with one attached hydrogen (secondary N) is 1. The molecule has 1 aliphatic heterocycles. The Labute approximate surface area is 219 Å². The van der Waals surface area contributed by atoms with Gasteiger partial charge in [0, 0.05) is 11.6 Å². The zero-order valence-electron chi connectivity index (χ0n) is 21.7. The molecule has 0 saturated heterocycles. The molecule has 0 bridgehead atoms. The number of ether oxygens (including phenoxy) is 1. The number of anilines is 1. The Balaban J connectivity index is 1.34. The van der Waals surface area contributed by atoms with Crippen molar-refractivity contribution < 1.29 is 14.3 Å². The monoisotopic (exact) mass is 494 g/mol. The van der Waals surface area contributed by atoms with Crippen LogP contribution in [0.1, 0.15) is 60.2 Å². The van der Waals surface area contributed by atoms with Crippen molar-refractivity contribution in [1.82, 2.24) is 5.32 Å². The summed E-state index contributed by atoms with van der Waals surface area (Å²) in [6, 6.07) is 23.3. The number of carbonyl (C=O) groups is 2. The molecule has 5 rings (SSSR count). The van der Waals surface area contributed by atoms with Crippen LogP contribution in [0.2, 0.25) is 0 Å². The molecule has 3 aromatic rings. The number of hydrogen-bond donors (Lipinski definition) is 1. The Kier molecular flexibility index (Phi) is 7.13. The van der Waals surface area contributed by atoms with Crippen LogP contribution in [0, 0.1) is 18.8 Å². The number of rotatable bonds is 5. The van der Waals surface area contributed by atoms with Gasteiger partial charge in [-0.3, -0.25) is 14.5 Å². The molecule has 3 atom stereocenters. The first-order chi connectivity index (χ1) is 17.9. The Morgan fingerprint density at radius 2 is 1.81 bits per heavy atom. The van der Waals surface area contributed by atoms with Crippen LogP contribution in [-0.4, -0.2) is 17.9 Å². The topological polar surface area (TPSA) is 58.6 Å². The van der Waals surface area contributed by atoms with Gasteiger partial charge in [-0.1, -0.05) is 80.8 Å². The fourth-order valence-electron chi connectivity index (χ4n) is 5.33. The molecule has 190 valence electrons. The van der Waals surface area contributed by atoms with E-state index < -0.39 is 0 Å². The van der Waals surface area contributed by atoms with Gasteiger partial charge in [-0.25, -0.2) is 0 Å². The van der Waals surface area contributed by atoms with Crippen molar-refractivity contribution in [3.05, 3.63) is 101 Å². The molecule has 0 radical (unpaired) electrons. The van der Waals surface area contributed by atoms with Crippen LogP contribution in [0.4, 0.5) is 5.69 Å². The molecule has 1 saturated carbocycles. The van der Waals surface area contributed by atoms with Crippen molar-refractivity contribution in [3.63, 3.8) is 0 Å². The maximum Gasteiger partial charge on any atom is 0.294 e. The molecule has 1 heterocycles. The molecule has 0 unspecified atom stereocenters. The highest BCUT2D eigenvalue weighted by atomic mass is 16.5. The number of nitrogens with zero attached hydrogens (tertiary/aromatic N) is 1. The number of fused-ring (bicyclic) bond motifs is 1. The summed E-state index contributed by atoms with van der Waals surface area (Å²) in [6.07, 6.45) is 5.15. The van der Waals surface area contributed by atoms with Gasteiger partial charge >= 0.3 is 0 Å². The van der Waals surface area contributed by atoms with Crippen molar-refractivity contribution in [2.45, 2.75) is 52.6 Å². The third kappa shape index (κ3) is 5.46. The molecule has 2 aliphatic rings. The first-order valence-electron chi connectivity index (χ1n) is 13.2. The van der Waals surface area contributed by atoms with Crippen LogP contribution in [0.5, 0.6) is 5.75 Å². The summed E-state index contributed by atoms with van der Waals surface area (Å²) < 4.78 is 6.03. The summed E-state index contributed by atoms with van der Waals surface area (Å²) in [5.74, 6) is 1.76. The summed E-state index contributed by atoms with van der Waals surface area (Å²) in [6.45, 7) is 6.99. The first-order valence-corrected chi connectivity index (χ1v) is 13.2. The first kappa shape index (κ1) is 24.8. The quantitative estimate of drug-likeness (QED) is 0.411. The van der Waals surface area contributed by atoms with Crippen LogP contribution >= 0.6 is 0 Å². The van der Waals surface area contributed by atoms with E-state index in [0.29, 0.717) is 29.7 Å². The van der Waals surface area contributed by atoms with E-state index in [0.717, 1.165) is 35.2 Å². The van der Waals surface area contributed by atoms with Crippen molar-refractivity contribution in [1.29, 1.82) is 0 Å². The van der Waals surface area contributed by atoms with Crippen LogP contribution in [0.25, 0.3) is 6.08 Å². The van der Waals surface area contributed by atoms with Gasteiger partial charge in [0.05, 0.1) is 12.2 Å². The minimum absolute atomic E-state index is 0.0478. The number of benzene rings is 3. The third-order valence-corrected chi connectivity index (χ3v) is 7.75. The fraction of sp³-hybridized carbons (Fsp3) is 0.312. The van der Waals surface area contributed by atoms with Crippen LogP contribution in [0.15, 0.2) is 78.6 Å². The van der Waals surface area contributed by atoms with E-state index in [-0.39, 0.29) is 23.6 Å². The van der Waals surface area contributed by atoms with Gasteiger partial charge in [0.25, 0.3) is 11.8 Å². The van der Waals surface area contributed by atoms with Crippen molar-refractivity contribution in [2.75, 3.05) is 4.90 Å². The predicted molar refractivity (Wildman–Crippen MR) is 147 cm³/mol. The number of hydrogen-bond acceptors (Lipinski definition) is 3. The van der Waals surface area contributed by atoms with E-state index in [4.69, 9.17) is 4.74 Å². The van der Waals surface area contributed by atoms with E-state index >= 15 is 0 Å². The molecule has 3 aromatic carbocycles. The Bertz CT molecular complexity index is 1330. The summed E-state index contributed by atoms with van der Waals surface area (Å²) >= 11 is 0. The molecule has 1 N–H and O–H groups in total. The number of amides is 2. The smallest absolute Gasteiger partial charge is 0.294 e. The number of carbonyl (C=O) groups excluding carboxylic acids is 2. The second kappa shape index (κ2) is 10.6. The van der Waals surface area contributed by atoms with Gasteiger partial charge in [0.2, 0.25) is 0 Å². The molecule has 0 aromatic heterocycles. The highest BCUT2D eigenvalue weighted by Crippen LogP contribution is 2.36. The molecule has 5 nitrogen and oxygen atoms in total. The lowest BCUT2D eigenvalue weighted by Gasteiger charge is -2.34. The zero-order valence-corrected chi connectivity index (χ0v) is 21.7. The second-order valence-corrected chi connectivity index (χ2v) is 10.4. The van der Waals surface area contributed by atoms with E-state index in [1.165, 1.54) is 6.42 Å².